The lowest BCUT2D eigenvalue weighted by Gasteiger charge is -2.13. The monoisotopic (exact) mass is 111 g/mol. The standard InChI is InChI=1S/C5H7N2O/c8-4-5-3-6-1-2-7-5/h1-2,5-7H,3H2. The van der Waals surface area contributed by atoms with E-state index in [1.165, 1.54) is 0 Å². The van der Waals surface area contributed by atoms with Crippen LogP contribution in [0.4, 0.5) is 0 Å². The molecule has 1 atom stereocenters. The van der Waals surface area contributed by atoms with E-state index in [1.807, 2.05) is 6.29 Å². The predicted molar refractivity (Wildman–Crippen MR) is 29.8 cm³/mol. The molecule has 3 nitrogen and oxygen atoms in total. The second-order valence-electron chi connectivity index (χ2n) is 1.58. The van der Waals surface area contributed by atoms with Crippen molar-refractivity contribution in [3.05, 3.63) is 12.4 Å². The molecule has 0 aromatic carbocycles. The zero-order valence-corrected chi connectivity index (χ0v) is 4.35. The van der Waals surface area contributed by atoms with E-state index >= 15 is 0 Å². The molecule has 0 saturated carbocycles. The molecule has 1 rings (SSSR count). The van der Waals surface area contributed by atoms with Gasteiger partial charge in [-0.3, -0.25) is 4.79 Å². The Bertz CT molecular complexity index is 111. The Balaban J connectivity index is 2.37. The number of nitrogens with one attached hydrogen (secondary N) is 2. The molecule has 0 saturated heterocycles. The van der Waals surface area contributed by atoms with E-state index in [0.29, 0.717) is 6.54 Å². The van der Waals surface area contributed by atoms with E-state index in [1.54, 1.807) is 12.4 Å². The van der Waals surface area contributed by atoms with Crippen molar-refractivity contribution in [1.29, 1.82) is 0 Å². The van der Waals surface area contributed by atoms with Crippen molar-refractivity contribution >= 4 is 6.29 Å². The number of carbonyl (C=O) groups excluding carboxylic acids is 1. The van der Waals surface area contributed by atoms with E-state index in [-0.39, 0.29) is 6.04 Å². The molecule has 2 N–H and O–H groups in total. The van der Waals surface area contributed by atoms with Crippen LogP contribution in [0.1, 0.15) is 0 Å². The third kappa shape index (κ3) is 0.992. The van der Waals surface area contributed by atoms with Gasteiger partial charge in [0.2, 0.25) is 6.29 Å². The first-order valence-corrected chi connectivity index (χ1v) is 2.45. The van der Waals surface area contributed by atoms with Crippen molar-refractivity contribution < 1.29 is 4.79 Å². The van der Waals surface area contributed by atoms with E-state index in [0.717, 1.165) is 0 Å². The molecule has 0 aromatic rings. The predicted octanol–water partition coefficient (Wildman–Crippen LogP) is -0.871. The summed E-state index contributed by atoms with van der Waals surface area (Å²) in [6, 6.07) is -0.167. The van der Waals surface area contributed by atoms with Gasteiger partial charge >= 0.3 is 0 Å². The first-order chi connectivity index (χ1) is 3.93. The highest BCUT2D eigenvalue weighted by Crippen LogP contribution is 1.80. The molecule has 1 aliphatic heterocycles. The van der Waals surface area contributed by atoms with Crippen molar-refractivity contribution in [2.75, 3.05) is 6.54 Å². The minimum atomic E-state index is -0.167. The summed E-state index contributed by atoms with van der Waals surface area (Å²) in [5.41, 5.74) is 0. The Labute approximate surface area is 47.8 Å². The molecule has 0 spiro atoms. The highest BCUT2D eigenvalue weighted by molar-refractivity contribution is 5.59. The van der Waals surface area contributed by atoms with Crippen LogP contribution in [0.2, 0.25) is 0 Å². The molecule has 43 valence electrons. The van der Waals surface area contributed by atoms with Crippen LogP contribution in [-0.4, -0.2) is 18.9 Å². The second-order valence-corrected chi connectivity index (χ2v) is 1.58. The molecule has 0 amide bonds. The summed E-state index contributed by atoms with van der Waals surface area (Å²) < 4.78 is 0. The fourth-order valence-electron chi connectivity index (χ4n) is 0.544. The van der Waals surface area contributed by atoms with Gasteiger partial charge in [-0.1, -0.05) is 0 Å². The minimum Gasteiger partial charge on any atom is -0.387 e. The Morgan fingerprint density at radius 1 is 1.62 bits per heavy atom. The van der Waals surface area contributed by atoms with Crippen LogP contribution in [0, 0.1) is 0 Å². The molecule has 0 aliphatic carbocycles. The molecule has 0 aromatic heterocycles. The van der Waals surface area contributed by atoms with Crippen molar-refractivity contribution in [2.45, 2.75) is 6.04 Å². The average molecular weight is 111 g/mol. The molecule has 1 radical (unpaired) electrons. The summed E-state index contributed by atoms with van der Waals surface area (Å²) in [5.74, 6) is 0. The fourth-order valence-corrected chi connectivity index (χ4v) is 0.544. The SMILES string of the molecule is O=[C]C1CNC=CN1. The quantitative estimate of drug-likeness (QED) is 0.462. The van der Waals surface area contributed by atoms with Crippen molar-refractivity contribution in [3.8, 4) is 0 Å². The lowest BCUT2D eigenvalue weighted by atomic mass is 10.3. The first-order valence-electron chi connectivity index (χ1n) is 2.45. The molecular weight excluding hydrogens is 104 g/mol. The summed E-state index contributed by atoms with van der Waals surface area (Å²) >= 11 is 0. The van der Waals surface area contributed by atoms with E-state index in [9.17, 15) is 4.79 Å². The van der Waals surface area contributed by atoms with Gasteiger partial charge in [0.05, 0.1) is 0 Å². The first kappa shape index (κ1) is 5.15. The summed E-state index contributed by atoms with van der Waals surface area (Å²) in [6.07, 6.45) is 5.28. The molecular formula is C5H7N2O. The van der Waals surface area contributed by atoms with Gasteiger partial charge in [0.1, 0.15) is 6.04 Å². The highest BCUT2D eigenvalue weighted by Gasteiger charge is 2.05. The molecule has 3 heteroatoms. The van der Waals surface area contributed by atoms with E-state index < -0.39 is 0 Å². The van der Waals surface area contributed by atoms with Crippen molar-refractivity contribution in [3.63, 3.8) is 0 Å². The maximum atomic E-state index is 9.90. The van der Waals surface area contributed by atoms with Crippen LogP contribution < -0.4 is 10.6 Å². The summed E-state index contributed by atoms with van der Waals surface area (Å²) in [5, 5.41) is 5.68. The van der Waals surface area contributed by atoms with Gasteiger partial charge in [-0.05, 0) is 0 Å². The molecule has 1 heterocycles. The zero-order valence-electron chi connectivity index (χ0n) is 4.35. The Kier molecular flexibility index (Phi) is 1.51. The Morgan fingerprint density at radius 2 is 2.50 bits per heavy atom. The second kappa shape index (κ2) is 2.35. The van der Waals surface area contributed by atoms with Gasteiger partial charge in [0.25, 0.3) is 0 Å². The van der Waals surface area contributed by atoms with E-state index in [4.69, 9.17) is 0 Å². The molecule has 0 fully saturated rings. The third-order valence-electron chi connectivity index (χ3n) is 0.963. The maximum absolute atomic E-state index is 9.90. The van der Waals surface area contributed by atoms with Crippen LogP contribution >= 0.6 is 0 Å². The fraction of sp³-hybridized carbons (Fsp3) is 0.400. The normalized spacial score (nSPS) is 25.8. The highest BCUT2D eigenvalue weighted by atomic mass is 16.1. The molecule has 1 unspecified atom stereocenters. The number of hydrogen-bond acceptors (Lipinski definition) is 3. The summed E-state index contributed by atoms with van der Waals surface area (Å²) in [6.45, 7) is 0.639. The minimum absolute atomic E-state index is 0.167. The van der Waals surface area contributed by atoms with Gasteiger partial charge in [-0.25, -0.2) is 0 Å². The Morgan fingerprint density at radius 3 is 2.88 bits per heavy atom. The van der Waals surface area contributed by atoms with Crippen LogP contribution in [0.15, 0.2) is 12.4 Å². The largest absolute Gasteiger partial charge is 0.387 e. The van der Waals surface area contributed by atoms with Crippen LogP contribution in [0.3, 0.4) is 0 Å². The summed E-state index contributed by atoms with van der Waals surface area (Å²) in [4.78, 5) is 9.90. The van der Waals surface area contributed by atoms with E-state index in [2.05, 4.69) is 10.6 Å². The number of hydrogen-bond donors (Lipinski definition) is 2. The van der Waals surface area contributed by atoms with Gasteiger partial charge in [0.15, 0.2) is 0 Å². The lowest BCUT2D eigenvalue weighted by Crippen LogP contribution is -2.38. The summed E-state index contributed by atoms with van der Waals surface area (Å²) in [7, 11) is 0. The lowest BCUT2D eigenvalue weighted by molar-refractivity contribution is 0.521. The molecule has 8 heavy (non-hydrogen) atoms. The molecule has 1 aliphatic rings. The zero-order chi connectivity index (χ0) is 5.82. The van der Waals surface area contributed by atoms with Crippen LogP contribution in [0.5, 0.6) is 0 Å². The van der Waals surface area contributed by atoms with Gasteiger partial charge in [0, 0.05) is 18.9 Å². The van der Waals surface area contributed by atoms with Crippen molar-refractivity contribution in [1.82, 2.24) is 10.6 Å². The molecule has 0 bridgehead atoms. The Hall–Kier alpha value is -0.990. The van der Waals surface area contributed by atoms with Gasteiger partial charge in [-0.2, -0.15) is 0 Å². The smallest absolute Gasteiger partial charge is 0.224 e. The van der Waals surface area contributed by atoms with Gasteiger partial charge in [-0.15, -0.1) is 0 Å². The third-order valence-corrected chi connectivity index (χ3v) is 0.963. The van der Waals surface area contributed by atoms with Crippen LogP contribution in [-0.2, 0) is 4.79 Å². The topological polar surface area (TPSA) is 41.1 Å². The van der Waals surface area contributed by atoms with Crippen molar-refractivity contribution in [2.24, 2.45) is 0 Å². The maximum Gasteiger partial charge on any atom is 0.224 e. The van der Waals surface area contributed by atoms with Gasteiger partial charge < -0.3 is 10.6 Å². The number of rotatable bonds is 1. The average Bonchev–Trinajstić information content (AvgIpc) is 1.90. The van der Waals surface area contributed by atoms with Crippen LogP contribution in [0.25, 0.3) is 0 Å².